The highest BCUT2D eigenvalue weighted by Crippen LogP contribution is 2.24. The number of benzene rings is 2. The number of carbonyl (C=O) groups excluding carboxylic acids is 1. The molecule has 1 aliphatic heterocycles. The topological polar surface area (TPSA) is 65.0 Å². The van der Waals surface area contributed by atoms with Gasteiger partial charge in [-0.2, -0.15) is 0 Å². The third kappa shape index (κ3) is 5.19. The number of phenolic OH excluding ortho intramolecular Hbond substituents is 1. The number of alkyl halides is 3. The maximum Gasteiger partial charge on any atom is 0.573 e. The zero-order valence-electron chi connectivity index (χ0n) is 14.2. The van der Waals surface area contributed by atoms with Crippen LogP contribution in [0, 0.1) is 0 Å². The minimum atomic E-state index is -4.75. The average Bonchev–Trinajstić information content (AvgIpc) is 2.63. The van der Waals surface area contributed by atoms with Gasteiger partial charge in [0.1, 0.15) is 11.5 Å². The van der Waals surface area contributed by atoms with Crippen molar-refractivity contribution in [3.8, 4) is 11.5 Å². The monoisotopic (exact) mass is 381 g/mol. The van der Waals surface area contributed by atoms with Crippen LogP contribution >= 0.6 is 0 Å². The molecule has 1 aliphatic rings. The van der Waals surface area contributed by atoms with Gasteiger partial charge in [-0.25, -0.2) is 4.79 Å². The number of ether oxygens (including phenoxy) is 1. The number of phenols is 1. The third-order valence-electron chi connectivity index (χ3n) is 4.12. The second-order valence-corrected chi connectivity index (χ2v) is 5.99. The van der Waals surface area contributed by atoms with Crippen LogP contribution in [0.25, 0.3) is 0 Å². The molecule has 0 unspecified atom stereocenters. The Balaban J connectivity index is 1.51. The number of halogens is 3. The summed E-state index contributed by atoms with van der Waals surface area (Å²) in [6.07, 6.45) is -4.75. The standard InChI is InChI=1S/C18H18F3N3O3/c19-18(20,21)27-16-7-1-13(2-8-16)22-17(26)24-11-9-23(10-12-24)14-3-5-15(25)6-4-14/h1-8,25H,9-12H2,(H,22,26). The lowest BCUT2D eigenvalue weighted by Crippen LogP contribution is -2.50. The minimum absolute atomic E-state index is 0.198. The van der Waals surface area contributed by atoms with E-state index < -0.39 is 6.36 Å². The number of nitrogens with zero attached hydrogens (tertiary/aromatic N) is 2. The maximum atomic E-state index is 12.3. The number of anilines is 2. The van der Waals surface area contributed by atoms with Gasteiger partial charge in [0, 0.05) is 37.6 Å². The van der Waals surface area contributed by atoms with E-state index in [9.17, 15) is 23.1 Å². The van der Waals surface area contributed by atoms with Crippen molar-refractivity contribution in [1.82, 2.24) is 4.90 Å². The fourth-order valence-corrected chi connectivity index (χ4v) is 2.77. The normalized spacial score (nSPS) is 14.8. The molecule has 0 atom stereocenters. The molecule has 2 aromatic rings. The van der Waals surface area contributed by atoms with Gasteiger partial charge in [-0.05, 0) is 48.5 Å². The summed E-state index contributed by atoms with van der Waals surface area (Å²) in [6.45, 7) is 2.27. The Hall–Kier alpha value is -3.10. The number of aromatic hydroxyl groups is 1. The first-order valence-corrected chi connectivity index (χ1v) is 8.26. The van der Waals surface area contributed by atoms with Crippen molar-refractivity contribution in [2.75, 3.05) is 36.4 Å². The number of amides is 2. The van der Waals surface area contributed by atoms with E-state index >= 15 is 0 Å². The third-order valence-corrected chi connectivity index (χ3v) is 4.12. The Kier molecular flexibility index (Phi) is 5.29. The quantitative estimate of drug-likeness (QED) is 0.852. The fourth-order valence-electron chi connectivity index (χ4n) is 2.77. The molecule has 2 N–H and O–H groups in total. The Morgan fingerprint density at radius 3 is 2.11 bits per heavy atom. The SMILES string of the molecule is O=C(Nc1ccc(OC(F)(F)F)cc1)N1CCN(c2ccc(O)cc2)CC1. The molecule has 144 valence electrons. The Morgan fingerprint density at radius 1 is 0.963 bits per heavy atom. The second kappa shape index (κ2) is 7.65. The summed E-state index contributed by atoms with van der Waals surface area (Å²) < 4.78 is 40.3. The van der Waals surface area contributed by atoms with Crippen molar-refractivity contribution in [2.45, 2.75) is 6.36 Å². The van der Waals surface area contributed by atoms with Crippen LogP contribution in [0.4, 0.5) is 29.3 Å². The van der Waals surface area contributed by atoms with Gasteiger partial charge in [0.15, 0.2) is 0 Å². The molecule has 27 heavy (non-hydrogen) atoms. The van der Waals surface area contributed by atoms with Crippen LogP contribution in [0.1, 0.15) is 0 Å². The number of carbonyl (C=O) groups is 1. The maximum absolute atomic E-state index is 12.3. The van der Waals surface area contributed by atoms with Crippen molar-refractivity contribution in [3.63, 3.8) is 0 Å². The molecule has 1 saturated heterocycles. The highest BCUT2D eigenvalue weighted by Gasteiger charge is 2.31. The molecule has 2 amide bonds. The summed E-state index contributed by atoms with van der Waals surface area (Å²) in [6, 6.07) is 11.5. The van der Waals surface area contributed by atoms with Gasteiger partial charge in [0.25, 0.3) is 0 Å². The summed E-state index contributed by atoms with van der Waals surface area (Å²) in [4.78, 5) is 16.1. The van der Waals surface area contributed by atoms with Crippen molar-refractivity contribution < 1.29 is 27.8 Å². The van der Waals surface area contributed by atoms with Crippen molar-refractivity contribution >= 4 is 17.4 Å². The lowest BCUT2D eigenvalue weighted by molar-refractivity contribution is -0.274. The summed E-state index contributed by atoms with van der Waals surface area (Å²) in [7, 11) is 0. The Bertz CT molecular complexity index is 771. The predicted octanol–water partition coefficient (Wildman–Crippen LogP) is 3.64. The first-order chi connectivity index (χ1) is 12.8. The summed E-state index contributed by atoms with van der Waals surface area (Å²) in [5.74, 6) is -0.147. The lowest BCUT2D eigenvalue weighted by atomic mass is 10.2. The van der Waals surface area contributed by atoms with Gasteiger partial charge in [0.2, 0.25) is 0 Å². The number of piperazine rings is 1. The molecule has 0 aromatic heterocycles. The number of nitrogens with one attached hydrogen (secondary N) is 1. The molecule has 1 fully saturated rings. The average molecular weight is 381 g/mol. The number of hydrogen-bond acceptors (Lipinski definition) is 4. The minimum Gasteiger partial charge on any atom is -0.508 e. The predicted molar refractivity (Wildman–Crippen MR) is 94.0 cm³/mol. The van der Waals surface area contributed by atoms with Crippen LogP contribution in [0.3, 0.4) is 0 Å². The van der Waals surface area contributed by atoms with Gasteiger partial charge >= 0.3 is 12.4 Å². The van der Waals surface area contributed by atoms with Crippen molar-refractivity contribution in [2.24, 2.45) is 0 Å². The molecular formula is C18H18F3N3O3. The highest BCUT2D eigenvalue weighted by molar-refractivity contribution is 5.89. The molecule has 0 aliphatic carbocycles. The van der Waals surface area contributed by atoms with Crippen molar-refractivity contribution in [3.05, 3.63) is 48.5 Å². The van der Waals surface area contributed by atoms with Gasteiger partial charge < -0.3 is 25.0 Å². The molecular weight excluding hydrogens is 363 g/mol. The molecule has 2 aromatic carbocycles. The van der Waals surface area contributed by atoms with Crippen LogP contribution in [0.15, 0.2) is 48.5 Å². The first kappa shape index (κ1) is 18.7. The number of rotatable bonds is 3. The zero-order valence-corrected chi connectivity index (χ0v) is 14.2. The van der Waals surface area contributed by atoms with Crippen LogP contribution in [0.5, 0.6) is 11.5 Å². The molecule has 0 saturated carbocycles. The van der Waals surface area contributed by atoms with E-state index in [1.807, 2.05) is 12.1 Å². The summed E-state index contributed by atoms with van der Waals surface area (Å²) in [5, 5.41) is 12.0. The number of urea groups is 1. The largest absolute Gasteiger partial charge is 0.573 e. The fraction of sp³-hybridized carbons (Fsp3) is 0.278. The molecule has 0 bridgehead atoms. The van der Waals surface area contributed by atoms with Crippen LogP contribution in [-0.4, -0.2) is 48.6 Å². The molecule has 9 heteroatoms. The van der Waals surface area contributed by atoms with Crippen LogP contribution in [-0.2, 0) is 0 Å². The summed E-state index contributed by atoms with van der Waals surface area (Å²) >= 11 is 0. The molecule has 1 heterocycles. The lowest BCUT2D eigenvalue weighted by Gasteiger charge is -2.36. The van der Waals surface area contributed by atoms with E-state index in [0.717, 1.165) is 17.8 Å². The van der Waals surface area contributed by atoms with Crippen molar-refractivity contribution in [1.29, 1.82) is 0 Å². The first-order valence-electron chi connectivity index (χ1n) is 8.26. The van der Waals surface area contributed by atoms with E-state index in [-0.39, 0.29) is 17.5 Å². The van der Waals surface area contributed by atoms with E-state index in [0.29, 0.717) is 31.9 Å². The molecule has 3 rings (SSSR count). The van der Waals surface area contributed by atoms with Gasteiger partial charge in [-0.3, -0.25) is 0 Å². The Morgan fingerprint density at radius 2 is 1.56 bits per heavy atom. The zero-order chi connectivity index (χ0) is 19.4. The molecule has 0 spiro atoms. The summed E-state index contributed by atoms with van der Waals surface area (Å²) in [5.41, 5.74) is 1.35. The van der Waals surface area contributed by atoms with Gasteiger partial charge in [0.05, 0.1) is 0 Å². The second-order valence-electron chi connectivity index (χ2n) is 5.99. The van der Waals surface area contributed by atoms with E-state index in [1.165, 1.54) is 12.1 Å². The van der Waals surface area contributed by atoms with Crippen LogP contribution < -0.4 is 15.0 Å². The Labute approximate surface area is 153 Å². The molecule has 6 nitrogen and oxygen atoms in total. The van der Waals surface area contributed by atoms with Gasteiger partial charge in [-0.15, -0.1) is 13.2 Å². The van der Waals surface area contributed by atoms with E-state index in [1.54, 1.807) is 17.0 Å². The van der Waals surface area contributed by atoms with Crippen LogP contribution in [0.2, 0.25) is 0 Å². The number of hydrogen-bond donors (Lipinski definition) is 2. The van der Waals surface area contributed by atoms with E-state index in [2.05, 4.69) is 15.0 Å². The van der Waals surface area contributed by atoms with Gasteiger partial charge in [-0.1, -0.05) is 0 Å². The smallest absolute Gasteiger partial charge is 0.508 e. The highest BCUT2D eigenvalue weighted by atomic mass is 19.4. The van der Waals surface area contributed by atoms with E-state index in [4.69, 9.17) is 0 Å². The molecule has 0 radical (unpaired) electrons.